The van der Waals surface area contributed by atoms with Gasteiger partial charge in [-0.05, 0) is 24.5 Å². The lowest BCUT2D eigenvalue weighted by Gasteiger charge is -2.33. The topological polar surface area (TPSA) is 67.2 Å². The van der Waals surface area contributed by atoms with Gasteiger partial charge in [0.05, 0.1) is 11.7 Å². The van der Waals surface area contributed by atoms with Crippen molar-refractivity contribution >= 4 is 10.2 Å². The van der Waals surface area contributed by atoms with Gasteiger partial charge >= 0.3 is 0 Å². The fourth-order valence-electron chi connectivity index (χ4n) is 2.95. The maximum Gasteiger partial charge on any atom is 0.280 e. The Morgan fingerprint density at radius 1 is 1.22 bits per heavy atom. The number of rotatable bonds is 5. The number of aryl methyl sites for hydroxylation is 1. The second kappa shape index (κ2) is 6.82. The Hall–Kier alpha value is -1.70. The molecule has 0 spiro atoms. The predicted molar refractivity (Wildman–Crippen MR) is 88.7 cm³/mol. The average molecular weight is 334 g/mol. The van der Waals surface area contributed by atoms with Crippen LogP contribution in [0.1, 0.15) is 36.6 Å². The van der Waals surface area contributed by atoms with Crippen molar-refractivity contribution in [1.82, 2.24) is 18.8 Å². The normalized spacial score (nSPS) is 19.8. The molecule has 0 unspecified atom stereocenters. The van der Waals surface area contributed by atoms with Crippen LogP contribution >= 0.6 is 0 Å². The highest BCUT2D eigenvalue weighted by atomic mass is 32.2. The summed E-state index contributed by atoms with van der Waals surface area (Å²) in [5.74, 6) is 0. The van der Waals surface area contributed by atoms with Crippen LogP contribution in [-0.2, 0) is 23.8 Å². The third kappa shape index (κ3) is 3.80. The van der Waals surface area contributed by atoms with E-state index >= 15 is 0 Å². The van der Waals surface area contributed by atoms with Gasteiger partial charge in [0.25, 0.3) is 10.2 Å². The van der Waals surface area contributed by atoms with Crippen LogP contribution < -0.4 is 4.72 Å². The van der Waals surface area contributed by atoms with Crippen molar-refractivity contribution in [3.05, 3.63) is 53.9 Å². The zero-order chi connectivity index (χ0) is 16.3. The summed E-state index contributed by atoms with van der Waals surface area (Å²) in [5.41, 5.74) is 1.76. The quantitative estimate of drug-likeness (QED) is 0.909. The van der Waals surface area contributed by atoms with E-state index in [4.69, 9.17) is 0 Å². The minimum Gasteiger partial charge on any atom is -0.275 e. The summed E-state index contributed by atoms with van der Waals surface area (Å²) in [4.78, 5) is 0. The van der Waals surface area contributed by atoms with Crippen LogP contribution in [0.15, 0.2) is 42.6 Å². The smallest absolute Gasteiger partial charge is 0.275 e. The summed E-state index contributed by atoms with van der Waals surface area (Å²) in [6.45, 7) is 0.833. The highest BCUT2D eigenvalue weighted by molar-refractivity contribution is 7.87. The Bertz CT molecular complexity index is 742. The molecule has 1 aliphatic rings. The summed E-state index contributed by atoms with van der Waals surface area (Å²) in [6, 6.07) is 11.3. The van der Waals surface area contributed by atoms with Crippen molar-refractivity contribution < 1.29 is 8.42 Å². The molecule has 1 N–H and O–H groups in total. The molecule has 1 saturated heterocycles. The molecule has 3 rings (SSSR count). The summed E-state index contributed by atoms with van der Waals surface area (Å²) in [6.07, 6.45) is 4.57. The van der Waals surface area contributed by atoms with Gasteiger partial charge in [0.1, 0.15) is 0 Å². The molecule has 23 heavy (non-hydrogen) atoms. The molecule has 124 valence electrons. The fourth-order valence-corrected chi connectivity index (χ4v) is 4.39. The second-order valence-corrected chi connectivity index (χ2v) is 7.56. The monoisotopic (exact) mass is 334 g/mol. The molecule has 1 fully saturated rings. The molecule has 0 radical (unpaired) electrons. The summed E-state index contributed by atoms with van der Waals surface area (Å²) in [7, 11) is -1.69. The number of nitrogens with zero attached hydrogens (tertiary/aromatic N) is 3. The Labute approximate surface area is 137 Å². The van der Waals surface area contributed by atoms with Gasteiger partial charge in [0, 0.05) is 26.3 Å². The molecule has 0 amide bonds. The van der Waals surface area contributed by atoms with E-state index in [0.29, 0.717) is 13.1 Å². The summed E-state index contributed by atoms with van der Waals surface area (Å²) in [5, 5.41) is 4.40. The number of piperidine rings is 1. The van der Waals surface area contributed by atoms with Gasteiger partial charge in [-0.2, -0.15) is 22.5 Å². The van der Waals surface area contributed by atoms with Crippen molar-refractivity contribution in [2.75, 3.05) is 6.54 Å². The third-order valence-electron chi connectivity index (χ3n) is 4.14. The van der Waals surface area contributed by atoms with E-state index in [2.05, 4.69) is 9.82 Å². The molecule has 7 heteroatoms. The average Bonchev–Trinajstić information content (AvgIpc) is 3.00. The van der Waals surface area contributed by atoms with Gasteiger partial charge in [0.15, 0.2) is 0 Å². The lowest BCUT2D eigenvalue weighted by atomic mass is 10.0. The Morgan fingerprint density at radius 3 is 2.70 bits per heavy atom. The Morgan fingerprint density at radius 2 is 2.00 bits per heavy atom. The van der Waals surface area contributed by atoms with Crippen molar-refractivity contribution in [1.29, 1.82) is 0 Å². The van der Waals surface area contributed by atoms with E-state index in [-0.39, 0.29) is 6.04 Å². The number of hydrogen-bond donors (Lipinski definition) is 1. The molecule has 1 aliphatic heterocycles. The molecule has 1 aromatic heterocycles. The van der Waals surface area contributed by atoms with Gasteiger partial charge in [-0.25, -0.2) is 0 Å². The number of hydrogen-bond acceptors (Lipinski definition) is 3. The maximum absolute atomic E-state index is 12.7. The Balaban J connectivity index is 1.76. The first-order chi connectivity index (χ1) is 11.1. The second-order valence-electron chi connectivity index (χ2n) is 5.85. The van der Waals surface area contributed by atoms with Gasteiger partial charge in [-0.15, -0.1) is 0 Å². The summed E-state index contributed by atoms with van der Waals surface area (Å²) >= 11 is 0. The van der Waals surface area contributed by atoms with Crippen LogP contribution in [0.2, 0.25) is 0 Å². The molecule has 6 nitrogen and oxygen atoms in total. The zero-order valence-electron chi connectivity index (χ0n) is 13.2. The first-order valence-corrected chi connectivity index (χ1v) is 9.30. The largest absolute Gasteiger partial charge is 0.280 e. The molecule has 0 saturated carbocycles. The van der Waals surface area contributed by atoms with Gasteiger partial charge in [0.2, 0.25) is 0 Å². The lowest BCUT2D eigenvalue weighted by Crippen LogP contribution is -2.45. The van der Waals surface area contributed by atoms with Crippen LogP contribution in [0.25, 0.3) is 0 Å². The fraction of sp³-hybridized carbons (Fsp3) is 0.438. The molecule has 0 aliphatic carbocycles. The molecule has 2 heterocycles. The molecular weight excluding hydrogens is 312 g/mol. The van der Waals surface area contributed by atoms with Gasteiger partial charge in [-0.3, -0.25) is 4.68 Å². The highest BCUT2D eigenvalue weighted by Crippen LogP contribution is 2.31. The van der Waals surface area contributed by atoms with E-state index in [9.17, 15) is 8.42 Å². The number of benzene rings is 1. The minimum absolute atomic E-state index is 0.182. The maximum atomic E-state index is 12.7. The predicted octanol–water partition coefficient (Wildman–Crippen LogP) is 1.98. The van der Waals surface area contributed by atoms with Crippen molar-refractivity contribution in [3.8, 4) is 0 Å². The standard InChI is InChI=1S/C16H22N4O2S/c1-19-12-10-15(18-19)16-9-5-6-11-20(16)23(21,22)17-13-14-7-3-2-4-8-14/h2-4,7-8,10,12,16-17H,5-6,9,11,13H2,1H3/t16-/m1/s1. The number of aromatic nitrogens is 2. The summed E-state index contributed by atoms with van der Waals surface area (Å²) < 4.78 is 31.4. The molecule has 1 aromatic carbocycles. The number of nitrogens with one attached hydrogen (secondary N) is 1. The first kappa shape index (κ1) is 16.2. The van der Waals surface area contributed by atoms with Crippen LogP contribution in [0.3, 0.4) is 0 Å². The van der Waals surface area contributed by atoms with Crippen LogP contribution in [0.5, 0.6) is 0 Å². The van der Waals surface area contributed by atoms with Crippen LogP contribution in [0.4, 0.5) is 0 Å². The molecular formula is C16H22N4O2S. The van der Waals surface area contributed by atoms with Crippen LogP contribution in [0, 0.1) is 0 Å². The first-order valence-electron chi connectivity index (χ1n) is 7.86. The van der Waals surface area contributed by atoms with Gasteiger partial charge < -0.3 is 0 Å². The SMILES string of the molecule is Cn1ccc([C@H]2CCCCN2S(=O)(=O)NCc2ccccc2)n1. The van der Waals surface area contributed by atoms with E-state index in [0.717, 1.165) is 30.5 Å². The van der Waals surface area contributed by atoms with E-state index < -0.39 is 10.2 Å². The van der Waals surface area contributed by atoms with E-state index in [1.165, 1.54) is 0 Å². The highest BCUT2D eigenvalue weighted by Gasteiger charge is 2.34. The van der Waals surface area contributed by atoms with Gasteiger partial charge in [-0.1, -0.05) is 36.8 Å². The molecule has 1 atom stereocenters. The van der Waals surface area contributed by atoms with E-state index in [1.807, 2.05) is 49.6 Å². The Kier molecular flexibility index (Phi) is 4.79. The molecule has 0 bridgehead atoms. The van der Waals surface area contributed by atoms with Crippen molar-refractivity contribution in [3.63, 3.8) is 0 Å². The zero-order valence-corrected chi connectivity index (χ0v) is 14.0. The third-order valence-corrected chi connectivity index (χ3v) is 5.70. The molecule has 2 aromatic rings. The lowest BCUT2D eigenvalue weighted by molar-refractivity contribution is 0.247. The minimum atomic E-state index is -3.54. The van der Waals surface area contributed by atoms with Crippen LogP contribution in [-0.4, -0.2) is 29.0 Å². The van der Waals surface area contributed by atoms with Crippen molar-refractivity contribution in [2.45, 2.75) is 31.8 Å². The van der Waals surface area contributed by atoms with E-state index in [1.54, 1.807) is 8.99 Å². The van der Waals surface area contributed by atoms with Crippen molar-refractivity contribution in [2.24, 2.45) is 7.05 Å².